The lowest BCUT2D eigenvalue weighted by atomic mass is 10.1. The number of guanidine groups is 1. The highest BCUT2D eigenvalue weighted by Crippen LogP contribution is 1.99. The van der Waals surface area contributed by atoms with Crippen LogP contribution in [0.5, 0.6) is 0 Å². The molecule has 0 rings (SSSR count). The molecule has 0 saturated carbocycles. The summed E-state index contributed by atoms with van der Waals surface area (Å²) in [4.78, 5) is 22.1. The Kier molecular flexibility index (Phi) is 6.56. The van der Waals surface area contributed by atoms with E-state index in [0.717, 1.165) is 0 Å². The lowest BCUT2D eigenvalue weighted by Gasteiger charge is -2.17. The summed E-state index contributed by atoms with van der Waals surface area (Å²) in [7, 11) is 3.11. The molecule has 0 fully saturated rings. The van der Waals surface area contributed by atoms with Crippen molar-refractivity contribution >= 4 is 11.9 Å². The third kappa shape index (κ3) is 6.30. The second-order valence-corrected chi connectivity index (χ2v) is 3.44. The van der Waals surface area contributed by atoms with E-state index in [4.69, 9.17) is 10.8 Å². The number of nitrogens with one attached hydrogen (secondary N) is 1. The van der Waals surface area contributed by atoms with E-state index in [9.17, 15) is 14.9 Å². The van der Waals surface area contributed by atoms with Gasteiger partial charge in [0.2, 0.25) is 0 Å². The first-order valence-electron chi connectivity index (χ1n) is 4.98. The van der Waals surface area contributed by atoms with E-state index in [2.05, 4.69) is 10.4 Å². The van der Waals surface area contributed by atoms with Crippen LogP contribution in [0, 0.1) is 10.1 Å². The van der Waals surface area contributed by atoms with E-state index in [1.54, 1.807) is 14.1 Å². The third-order valence-corrected chi connectivity index (χ3v) is 2.21. The predicted molar refractivity (Wildman–Crippen MR) is 61.0 cm³/mol. The fraction of sp³-hybridized carbons (Fsp3) is 0.750. The summed E-state index contributed by atoms with van der Waals surface area (Å²) in [5, 5.41) is 23.5. The summed E-state index contributed by atoms with van der Waals surface area (Å²) in [5.74, 6) is -1.13. The highest BCUT2D eigenvalue weighted by molar-refractivity contribution is 5.77. The minimum atomic E-state index is -0.929. The number of aliphatic carboxylic acids is 1. The number of nitrogens with two attached hydrogens (primary N) is 1. The normalized spacial score (nSPS) is 13.2. The highest BCUT2D eigenvalue weighted by Gasteiger charge is 2.15. The lowest BCUT2D eigenvalue weighted by Crippen LogP contribution is -2.37. The molecule has 17 heavy (non-hydrogen) atoms. The van der Waals surface area contributed by atoms with Gasteiger partial charge in [0, 0.05) is 13.6 Å². The molecule has 0 aromatic rings. The summed E-state index contributed by atoms with van der Waals surface area (Å²) >= 11 is 0. The minimum Gasteiger partial charge on any atom is -0.480 e. The van der Waals surface area contributed by atoms with Crippen LogP contribution in [0.2, 0.25) is 0 Å². The third-order valence-electron chi connectivity index (χ3n) is 2.21. The van der Waals surface area contributed by atoms with Gasteiger partial charge in [-0.2, -0.15) is 0 Å². The maximum Gasteiger partial charge on any atom is 0.320 e. The fourth-order valence-corrected chi connectivity index (χ4v) is 1.20. The van der Waals surface area contributed by atoms with E-state index >= 15 is 0 Å². The number of carbonyl (C=O) groups is 1. The first-order chi connectivity index (χ1) is 7.88. The Morgan fingerprint density at radius 1 is 1.71 bits per heavy atom. The summed E-state index contributed by atoms with van der Waals surface area (Å²) in [6, 6.07) is -0.628. The van der Waals surface area contributed by atoms with Crippen molar-refractivity contribution in [1.82, 2.24) is 10.2 Å². The molecule has 1 atom stereocenters. The van der Waals surface area contributed by atoms with Crippen molar-refractivity contribution in [3.05, 3.63) is 10.1 Å². The lowest BCUT2D eigenvalue weighted by molar-refractivity contribution is -0.485. The molecule has 9 heteroatoms. The van der Waals surface area contributed by atoms with Gasteiger partial charge < -0.3 is 21.1 Å². The van der Waals surface area contributed by atoms with Crippen molar-refractivity contribution in [3.8, 4) is 0 Å². The topological polar surface area (TPSA) is 134 Å². The van der Waals surface area contributed by atoms with Crippen molar-refractivity contribution < 1.29 is 14.9 Å². The van der Waals surface area contributed by atoms with Crippen LogP contribution in [0.1, 0.15) is 12.8 Å². The average Bonchev–Trinajstić information content (AvgIpc) is 2.22. The summed E-state index contributed by atoms with van der Waals surface area (Å²) < 4.78 is 0. The molecule has 0 radical (unpaired) electrons. The molecule has 0 aromatic heterocycles. The molecule has 0 amide bonds. The predicted octanol–water partition coefficient (Wildman–Crippen LogP) is -1.12. The average molecular weight is 247 g/mol. The van der Waals surface area contributed by atoms with Crippen LogP contribution in [0.25, 0.3) is 0 Å². The van der Waals surface area contributed by atoms with Gasteiger partial charge >= 0.3 is 5.97 Å². The van der Waals surface area contributed by atoms with Gasteiger partial charge in [0.1, 0.15) is 11.1 Å². The molecular weight excluding hydrogens is 230 g/mol. The molecule has 4 N–H and O–H groups in total. The maximum absolute atomic E-state index is 10.7. The number of nitro groups is 1. The van der Waals surface area contributed by atoms with Crippen LogP contribution in [-0.4, -0.2) is 53.6 Å². The second kappa shape index (κ2) is 7.39. The molecule has 1 unspecified atom stereocenters. The molecule has 0 aromatic carbocycles. The van der Waals surface area contributed by atoms with Crippen LogP contribution in [0.3, 0.4) is 0 Å². The van der Waals surface area contributed by atoms with Gasteiger partial charge in [0.25, 0.3) is 5.96 Å². The van der Waals surface area contributed by atoms with E-state index in [0.29, 0.717) is 19.4 Å². The Labute approximate surface area is 98.4 Å². The quantitative estimate of drug-likeness (QED) is 0.224. The second-order valence-electron chi connectivity index (χ2n) is 3.44. The highest BCUT2D eigenvalue weighted by atomic mass is 16.7. The number of carboxylic acids is 1. The SMILES string of the molecule is CNC(CCCN(C)/C(N)=N\[N+](=O)[O-])C(=O)O. The van der Waals surface area contributed by atoms with Crippen molar-refractivity contribution in [2.75, 3.05) is 20.6 Å². The van der Waals surface area contributed by atoms with Crippen molar-refractivity contribution in [2.45, 2.75) is 18.9 Å². The summed E-state index contributed by atoms with van der Waals surface area (Å²) in [5.41, 5.74) is 5.33. The Balaban J connectivity index is 4.04. The standard InChI is InChI=1S/C8H17N5O4/c1-10-6(7(14)15)4-3-5-12(2)8(9)11-13(16)17/h6,10H,3-5H2,1-2H3,(H2,9,11)(H,14,15). The maximum atomic E-state index is 10.7. The fourth-order valence-electron chi connectivity index (χ4n) is 1.20. The largest absolute Gasteiger partial charge is 0.480 e. The van der Waals surface area contributed by atoms with E-state index < -0.39 is 17.0 Å². The summed E-state index contributed by atoms with van der Waals surface area (Å²) in [6.45, 7) is 0.397. The van der Waals surface area contributed by atoms with Gasteiger partial charge in [0.05, 0.1) is 0 Å². The number of hydrogen-bond donors (Lipinski definition) is 3. The van der Waals surface area contributed by atoms with Gasteiger partial charge in [-0.1, -0.05) is 0 Å². The zero-order chi connectivity index (χ0) is 13.4. The molecule has 0 saturated heterocycles. The molecule has 0 aliphatic heterocycles. The molecule has 0 aliphatic rings. The Morgan fingerprint density at radius 2 is 2.29 bits per heavy atom. The Bertz CT molecular complexity index is 306. The molecular formula is C8H17N5O4. The molecule has 0 aliphatic carbocycles. The van der Waals surface area contributed by atoms with Crippen molar-refractivity contribution in [3.63, 3.8) is 0 Å². The molecule has 0 heterocycles. The number of nitrogens with zero attached hydrogens (tertiary/aromatic N) is 3. The summed E-state index contributed by atoms with van der Waals surface area (Å²) in [6.07, 6.45) is 0.935. The first-order valence-corrected chi connectivity index (χ1v) is 4.98. The van der Waals surface area contributed by atoms with Gasteiger partial charge in [-0.3, -0.25) is 4.79 Å². The zero-order valence-electron chi connectivity index (χ0n) is 9.79. The van der Waals surface area contributed by atoms with Crippen LogP contribution < -0.4 is 11.1 Å². The van der Waals surface area contributed by atoms with E-state index in [-0.39, 0.29) is 5.96 Å². The first kappa shape index (κ1) is 15.1. The number of rotatable bonds is 7. The molecule has 9 nitrogen and oxygen atoms in total. The molecule has 0 bridgehead atoms. The molecule has 98 valence electrons. The zero-order valence-corrected chi connectivity index (χ0v) is 9.79. The number of hydrazone groups is 1. The van der Waals surface area contributed by atoms with Crippen molar-refractivity contribution in [1.29, 1.82) is 0 Å². The van der Waals surface area contributed by atoms with Gasteiger partial charge in [0.15, 0.2) is 5.03 Å². The van der Waals surface area contributed by atoms with Gasteiger partial charge in [-0.15, -0.1) is 0 Å². The smallest absolute Gasteiger partial charge is 0.320 e. The van der Waals surface area contributed by atoms with E-state index in [1.807, 2.05) is 0 Å². The van der Waals surface area contributed by atoms with Crippen LogP contribution >= 0.6 is 0 Å². The molecule has 0 spiro atoms. The number of carboxylic acid groups (broad SMARTS) is 1. The number of hydrogen-bond acceptors (Lipinski definition) is 4. The van der Waals surface area contributed by atoms with Gasteiger partial charge in [-0.25, -0.2) is 10.1 Å². The Morgan fingerprint density at radius 3 is 2.71 bits per heavy atom. The monoisotopic (exact) mass is 247 g/mol. The number of likely N-dealkylation sites (N-methyl/N-ethyl adjacent to an activating group) is 1. The van der Waals surface area contributed by atoms with Crippen molar-refractivity contribution in [2.24, 2.45) is 10.8 Å². The van der Waals surface area contributed by atoms with Crippen LogP contribution in [0.15, 0.2) is 5.10 Å². The minimum absolute atomic E-state index is 0.202. The van der Waals surface area contributed by atoms with Crippen LogP contribution in [-0.2, 0) is 4.79 Å². The van der Waals surface area contributed by atoms with Gasteiger partial charge in [-0.05, 0) is 19.9 Å². The Hall–Kier alpha value is -1.90. The van der Waals surface area contributed by atoms with Crippen LogP contribution in [0.4, 0.5) is 0 Å². The van der Waals surface area contributed by atoms with E-state index in [1.165, 1.54) is 4.90 Å².